The molecule has 0 spiro atoms. The van der Waals surface area contributed by atoms with E-state index in [0.29, 0.717) is 5.92 Å². The number of carbonyl (C=O) groups is 1. The lowest BCUT2D eigenvalue weighted by Crippen LogP contribution is -2.43. The fraction of sp³-hybridized carbons (Fsp3) is 0.682. The van der Waals surface area contributed by atoms with Gasteiger partial charge in [-0.1, -0.05) is 12.1 Å². The van der Waals surface area contributed by atoms with Crippen molar-refractivity contribution in [1.29, 1.82) is 0 Å². The molecule has 1 aromatic rings. The molecule has 0 saturated carbocycles. The number of nitrogens with one attached hydrogen (secondary N) is 1. The predicted molar refractivity (Wildman–Crippen MR) is 110 cm³/mol. The normalized spacial score (nSPS) is 18.8. The molecule has 2 aliphatic rings. The smallest absolute Gasteiger partial charge is 0.410 e. The highest BCUT2D eigenvalue weighted by Crippen LogP contribution is 2.21. The molecule has 1 aromatic carbocycles. The van der Waals surface area contributed by atoms with Gasteiger partial charge in [-0.15, -0.1) is 0 Å². The Kier molecular flexibility index (Phi) is 6.64. The molecule has 2 aliphatic heterocycles. The summed E-state index contributed by atoms with van der Waals surface area (Å²) in [6.45, 7) is 11.6. The average Bonchev–Trinajstić information content (AvgIpc) is 3.16. The molecule has 2 saturated heterocycles. The SMILES string of the molecule is CC(C)(C)OC(=O)N1CCC(CNCc2ccc(N3CCCC3)cc2)CC1. The zero-order valence-corrected chi connectivity index (χ0v) is 17.2. The van der Waals surface area contributed by atoms with E-state index < -0.39 is 5.60 Å². The molecule has 0 bridgehead atoms. The minimum atomic E-state index is -0.417. The van der Waals surface area contributed by atoms with Crippen LogP contribution in [0.2, 0.25) is 0 Å². The molecule has 1 amide bonds. The maximum absolute atomic E-state index is 12.1. The zero-order chi connectivity index (χ0) is 19.3. The largest absolute Gasteiger partial charge is 0.444 e. The Morgan fingerprint density at radius 3 is 2.30 bits per heavy atom. The molecule has 0 unspecified atom stereocenters. The van der Waals surface area contributed by atoms with E-state index in [-0.39, 0.29) is 6.09 Å². The lowest BCUT2D eigenvalue weighted by Gasteiger charge is -2.33. The Labute approximate surface area is 164 Å². The molecular formula is C22H35N3O2. The number of ether oxygens (including phenoxy) is 1. The van der Waals surface area contributed by atoms with Gasteiger partial charge in [0.05, 0.1) is 0 Å². The van der Waals surface area contributed by atoms with Crippen molar-refractivity contribution in [2.75, 3.05) is 37.6 Å². The van der Waals surface area contributed by atoms with Gasteiger partial charge >= 0.3 is 6.09 Å². The molecule has 0 atom stereocenters. The lowest BCUT2D eigenvalue weighted by molar-refractivity contribution is 0.0184. The second-order valence-corrected chi connectivity index (χ2v) is 8.90. The third-order valence-corrected chi connectivity index (χ3v) is 5.44. The molecule has 0 radical (unpaired) electrons. The predicted octanol–water partition coefficient (Wildman–Crippen LogP) is 4.02. The number of nitrogens with zero attached hydrogens (tertiary/aromatic N) is 2. The van der Waals surface area contributed by atoms with E-state index in [1.807, 2.05) is 25.7 Å². The van der Waals surface area contributed by atoms with E-state index in [1.165, 1.54) is 37.2 Å². The summed E-state index contributed by atoms with van der Waals surface area (Å²) in [4.78, 5) is 16.4. The van der Waals surface area contributed by atoms with Gasteiger partial charge in [-0.25, -0.2) is 4.79 Å². The van der Waals surface area contributed by atoms with Gasteiger partial charge < -0.3 is 19.9 Å². The van der Waals surface area contributed by atoms with Crippen molar-refractivity contribution in [3.8, 4) is 0 Å². The molecule has 5 heteroatoms. The van der Waals surface area contributed by atoms with E-state index in [2.05, 4.69) is 34.5 Å². The first-order chi connectivity index (χ1) is 12.9. The Balaban J connectivity index is 1.35. The van der Waals surface area contributed by atoms with Crippen molar-refractivity contribution in [2.24, 2.45) is 5.92 Å². The second kappa shape index (κ2) is 8.96. The van der Waals surface area contributed by atoms with Gasteiger partial charge in [0.2, 0.25) is 0 Å². The Morgan fingerprint density at radius 2 is 1.70 bits per heavy atom. The topological polar surface area (TPSA) is 44.8 Å². The van der Waals surface area contributed by atoms with Gasteiger partial charge in [0.15, 0.2) is 0 Å². The Hall–Kier alpha value is -1.75. The number of likely N-dealkylation sites (tertiary alicyclic amines) is 1. The average molecular weight is 374 g/mol. The number of rotatable bonds is 5. The third-order valence-electron chi connectivity index (χ3n) is 5.44. The van der Waals surface area contributed by atoms with Crippen LogP contribution in [0.5, 0.6) is 0 Å². The number of carbonyl (C=O) groups excluding carboxylic acids is 1. The Morgan fingerprint density at radius 1 is 1.07 bits per heavy atom. The van der Waals surface area contributed by atoms with Crippen molar-refractivity contribution in [2.45, 2.75) is 58.6 Å². The highest BCUT2D eigenvalue weighted by Gasteiger charge is 2.26. The number of benzene rings is 1. The summed E-state index contributed by atoms with van der Waals surface area (Å²) in [6, 6.07) is 8.99. The fourth-order valence-electron chi connectivity index (χ4n) is 3.87. The van der Waals surface area contributed by atoms with Crippen LogP contribution in [0.25, 0.3) is 0 Å². The van der Waals surface area contributed by atoms with E-state index in [1.54, 1.807) is 0 Å². The van der Waals surface area contributed by atoms with Crippen LogP contribution in [0.15, 0.2) is 24.3 Å². The van der Waals surface area contributed by atoms with Gasteiger partial charge in [-0.3, -0.25) is 0 Å². The standard InChI is InChI=1S/C22H35N3O2/c1-22(2,3)27-21(26)25-14-10-19(11-15-25)17-23-16-18-6-8-20(9-7-18)24-12-4-5-13-24/h6-9,19,23H,4-5,10-17H2,1-3H3. The monoisotopic (exact) mass is 373 g/mol. The van der Waals surface area contributed by atoms with Crippen LogP contribution in [0.3, 0.4) is 0 Å². The molecule has 1 N–H and O–H groups in total. The zero-order valence-electron chi connectivity index (χ0n) is 17.2. The van der Waals surface area contributed by atoms with E-state index in [4.69, 9.17) is 4.74 Å². The second-order valence-electron chi connectivity index (χ2n) is 8.90. The van der Waals surface area contributed by atoms with Gasteiger partial charge in [0, 0.05) is 38.4 Å². The van der Waals surface area contributed by atoms with Crippen LogP contribution in [-0.2, 0) is 11.3 Å². The summed E-state index contributed by atoms with van der Waals surface area (Å²) < 4.78 is 5.47. The van der Waals surface area contributed by atoms with E-state index in [0.717, 1.165) is 39.0 Å². The lowest BCUT2D eigenvalue weighted by atomic mass is 9.97. The maximum atomic E-state index is 12.1. The molecule has 0 aliphatic carbocycles. The third kappa shape index (κ3) is 6.13. The molecule has 5 nitrogen and oxygen atoms in total. The number of hydrogen-bond acceptors (Lipinski definition) is 4. The number of amides is 1. The van der Waals surface area contributed by atoms with E-state index >= 15 is 0 Å². The van der Waals surface area contributed by atoms with Crippen molar-refractivity contribution in [3.05, 3.63) is 29.8 Å². The molecule has 150 valence electrons. The molecule has 0 aromatic heterocycles. The van der Waals surface area contributed by atoms with Crippen LogP contribution >= 0.6 is 0 Å². The molecule has 2 heterocycles. The number of piperidine rings is 1. The minimum absolute atomic E-state index is 0.174. The summed E-state index contributed by atoms with van der Waals surface area (Å²) in [6.07, 6.45) is 4.54. The summed E-state index contributed by atoms with van der Waals surface area (Å²) in [5.74, 6) is 0.632. The van der Waals surface area contributed by atoms with Gasteiger partial charge in [-0.05, 0) is 76.6 Å². The summed E-state index contributed by atoms with van der Waals surface area (Å²) in [7, 11) is 0. The highest BCUT2D eigenvalue weighted by atomic mass is 16.6. The van der Waals surface area contributed by atoms with Crippen LogP contribution in [0.1, 0.15) is 52.0 Å². The van der Waals surface area contributed by atoms with Crippen molar-refractivity contribution in [3.63, 3.8) is 0 Å². The fourth-order valence-corrected chi connectivity index (χ4v) is 3.87. The molecule has 3 rings (SSSR count). The highest BCUT2D eigenvalue weighted by molar-refractivity contribution is 5.68. The summed E-state index contributed by atoms with van der Waals surface area (Å²) in [5.41, 5.74) is 2.27. The minimum Gasteiger partial charge on any atom is -0.444 e. The molecular weight excluding hydrogens is 338 g/mol. The number of anilines is 1. The molecule has 2 fully saturated rings. The first-order valence-corrected chi connectivity index (χ1v) is 10.4. The van der Waals surface area contributed by atoms with Gasteiger partial charge in [0.1, 0.15) is 5.60 Å². The number of hydrogen-bond donors (Lipinski definition) is 1. The quantitative estimate of drug-likeness (QED) is 0.847. The van der Waals surface area contributed by atoms with Crippen molar-refractivity contribution >= 4 is 11.8 Å². The van der Waals surface area contributed by atoms with Crippen LogP contribution in [0, 0.1) is 5.92 Å². The first kappa shape index (κ1) is 20.0. The van der Waals surface area contributed by atoms with Crippen molar-refractivity contribution in [1.82, 2.24) is 10.2 Å². The Bertz CT molecular complexity index is 595. The van der Waals surface area contributed by atoms with Crippen LogP contribution < -0.4 is 10.2 Å². The maximum Gasteiger partial charge on any atom is 0.410 e. The van der Waals surface area contributed by atoms with Crippen LogP contribution in [-0.4, -0.2) is 49.3 Å². The van der Waals surface area contributed by atoms with E-state index in [9.17, 15) is 4.79 Å². The first-order valence-electron chi connectivity index (χ1n) is 10.4. The van der Waals surface area contributed by atoms with Crippen LogP contribution in [0.4, 0.5) is 10.5 Å². The summed E-state index contributed by atoms with van der Waals surface area (Å²) in [5, 5.41) is 3.59. The molecule has 27 heavy (non-hydrogen) atoms. The van der Waals surface area contributed by atoms with Gasteiger partial charge in [0.25, 0.3) is 0 Å². The van der Waals surface area contributed by atoms with Gasteiger partial charge in [-0.2, -0.15) is 0 Å². The van der Waals surface area contributed by atoms with Crippen molar-refractivity contribution < 1.29 is 9.53 Å². The summed E-state index contributed by atoms with van der Waals surface area (Å²) >= 11 is 0.